The monoisotopic (exact) mass is 219 g/mol. The van der Waals surface area contributed by atoms with Crippen LogP contribution in [0.25, 0.3) is 0 Å². The van der Waals surface area contributed by atoms with Crippen molar-refractivity contribution in [1.82, 2.24) is 4.98 Å². The molecule has 2 aromatic rings. The molecule has 4 heteroatoms. The van der Waals surface area contributed by atoms with E-state index < -0.39 is 0 Å². The molecule has 1 aromatic carbocycles. The van der Waals surface area contributed by atoms with Crippen molar-refractivity contribution in [2.45, 2.75) is 0 Å². The van der Waals surface area contributed by atoms with Crippen LogP contribution in [0.3, 0.4) is 0 Å². The molecular weight excluding hydrogens is 210 g/mol. The summed E-state index contributed by atoms with van der Waals surface area (Å²) in [7, 11) is 0. The molecular formula is C11H10ClN3. The average molecular weight is 220 g/mol. The Balaban J connectivity index is 2.26. The molecule has 0 fully saturated rings. The summed E-state index contributed by atoms with van der Waals surface area (Å²) in [5.74, 6) is 0. The van der Waals surface area contributed by atoms with Gasteiger partial charge in [-0.3, -0.25) is 4.98 Å². The van der Waals surface area contributed by atoms with Crippen LogP contribution in [0.15, 0.2) is 42.7 Å². The highest BCUT2D eigenvalue weighted by atomic mass is 35.5. The third-order valence-corrected chi connectivity index (χ3v) is 2.19. The molecule has 0 aliphatic carbocycles. The Morgan fingerprint density at radius 2 is 2.13 bits per heavy atom. The Hall–Kier alpha value is -1.74. The molecule has 3 nitrogen and oxygen atoms in total. The maximum Gasteiger partial charge on any atom is 0.0804 e. The average Bonchev–Trinajstić information content (AvgIpc) is 2.22. The van der Waals surface area contributed by atoms with Gasteiger partial charge in [-0.1, -0.05) is 17.7 Å². The zero-order chi connectivity index (χ0) is 10.7. The van der Waals surface area contributed by atoms with Crippen LogP contribution < -0.4 is 11.1 Å². The van der Waals surface area contributed by atoms with Gasteiger partial charge in [0.1, 0.15) is 0 Å². The molecule has 0 amide bonds. The highest BCUT2D eigenvalue weighted by Crippen LogP contribution is 2.23. The van der Waals surface area contributed by atoms with Gasteiger partial charge in [-0.15, -0.1) is 0 Å². The normalized spacial score (nSPS) is 9.93. The largest absolute Gasteiger partial charge is 0.397 e. The molecule has 0 aliphatic heterocycles. The fourth-order valence-electron chi connectivity index (χ4n) is 1.23. The summed E-state index contributed by atoms with van der Waals surface area (Å²) in [5.41, 5.74) is 8.10. The Kier molecular flexibility index (Phi) is 2.74. The second-order valence-corrected chi connectivity index (χ2v) is 3.53. The van der Waals surface area contributed by atoms with Crippen molar-refractivity contribution in [3.8, 4) is 0 Å². The molecule has 0 aliphatic rings. The van der Waals surface area contributed by atoms with Gasteiger partial charge in [0.2, 0.25) is 0 Å². The van der Waals surface area contributed by atoms with Gasteiger partial charge in [0.15, 0.2) is 0 Å². The van der Waals surface area contributed by atoms with Crippen LogP contribution in [0.2, 0.25) is 5.02 Å². The number of aromatic nitrogens is 1. The quantitative estimate of drug-likeness (QED) is 0.816. The van der Waals surface area contributed by atoms with Crippen molar-refractivity contribution in [3.63, 3.8) is 0 Å². The van der Waals surface area contributed by atoms with Crippen molar-refractivity contribution in [2.24, 2.45) is 0 Å². The Bertz CT molecular complexity index is 471. The minimum atomic E-state index is 0.657. The molecule has 0 radical (unpaired) electrons. The van der Waals surface area contributed by atoms with Crippen LogP contribution >= 0.6 is 11.6 Å². The Morgan fingerprint density at radius 3 is 2.87 bits per heavy atom. The zero-order valence-electron chi connectivity index (χ0n) is 7.94. The summed E-state index contributed by atoms with van der Waals surface area (Å²) >= 11 is 5.86. The molecule has 76 valence electrons. The number of halogens is 1. The topological polar surface area (TPSA) is 50.9 Å². The summed E-state index contributed by atoms with van der Waals surface area (Å²) in [5, 5.41) is 3.82. The van der Waals surface area contributed by atoms with Crippen LogP contribution in [0.1, 0.15) is 0 Å². The third kappa shape index (κ3) is 2.39. The molecule has 0 bridgehead atoms. The predicted octanol–water partition coefficient (Wildman–Crippen LogP) is 3.06. The van der Waals surface area contributed by atoms with E-state index in [1.807, 2.05) is 24.3 Å². The van der Waals surface area contributed by atoms with Gasteiger partial charge in [0.05, 0.1) is 17.6 Å². The van der Waals surface area contributed by atoms with Gasteiger partial charge in [-0.05, 0) is 24.3 Å². The van der Waals surface area contributed by atoms with Gasteiger partial charge in [0.25, 0.3) is 0 Å². The summed E-state index contributed by atoms with van der Waals surface area (Å²) in [4.78, 5) is 3.99. The van der Waals surface area contributed by atoms with Crippen LogP contribution in [-0.4, -0.2) is 4.98 Å². The number of benzene rings is 1. The summed E-state index contributed by atoms with van der Waals surface area (Å²) in [6.07, 6.45) is 3.33. The van der Waals surface area contributed by atoms with Crippen LogP contribution in [0, 0.1) is 0 Å². The van der Waals surface area contributed by atoms with Crippen molar-refractivity contribution >= 4 is 28.7 Å². The number of anilines is 3. The third-order valence-electron chi connectivity index (χ3n) is 1.96. The number of nitrogens with two attached hydrogens (primary N) is 1. The van der Waals surface area contributed by atoms with Gasteiger partial charge < -0.3 is 11.1 Å². The van der Waals surface area contributed by atoms with Gasteiger partial charge in [-0.25, -0.2) is 0 Å². The van der Waals surface area contributed by atoms with Gasteiger partial charge in [-0.2, -0.15) is 0 Å². The van der Waals surface area contributed by atoms with Gasteiger partial charge >= 0.3 is 0 Å². The summed E-state index contributed by atoms with van der Waals surface area (Å²) in [6.45, 7) is 0. The standard InChI is InChI=1S/C11H10ClN3/c12-8-2-1-3-9(6-8)15-11-7-14-5-4-10(11)13/h1-7,15H,(H2,13,14). The zero-order valence-corrected chi connectivity index (χ0v) is 8.70. The lowest BCUT2D eigenvalue weighted by Gasteiger charge is -2.08. The maximum atomic E-state index is 5.86. The lowest BCUT2D eigenvalue weighted by molar-refractivity contribution is 1.32. The van der Waals surface area contributed by atoms with E-state index in [1.54, 1.807) is 18.5 Å². The van der Waals surface area contributed by atoms with Crippen molar-refractivity contribution < 1.29 is 0 Å². The first kappa shape index (κ1) is 9.80. The van der Waals surface area contributed by atoms with E-state index in [1.165, 1.54) is 0 Å². The number of pyridine rings is 1. The highest BCUT2D eigenvalue weighted by molar-refractivity contribution is 6.30. The van der Waals surface area contributed by atoms with Crippen LogP contribution in [-0.2, 0) is 0 Å². The second kappa shape index (κ2) is 4.19. The smallest absolute Gasteiger partial charge is 0.0804 e. The maximum absolute atomic E-state index is 5.86. The molecule has 0 spiro atoms. The molecule has 0 unspecified atom stereocenters. The minimum Gasteiger partial charge on any atom is -0.397 e. The number of hydrogen-bond acceptors (Lipinski definition) is 3. The Labute approximate surface area is 92.9 Å². The fraction of sp³-hybridized carbons (Fsp3) is 0. The number of nitrogens with zero attached hydrogens (tertiary/aromatic N) is 1. The van der Waals surface area contributed by atoms with Gasteiger partial charge in [0, 0.05) is 16.9 Å². The summed E-state index contributed by atoms with van der Waals surface area (Å²) < 4.78 is 0. The lowest BCUT2D eigenvalue weighted by atomic mass is 10.3. The van der Waals surface area contributed by atoms with Crippen molar-refractivity contribution in [1.29, 1.82) is 0 Å². The van der Waals surface area contributed by atoms with E-state index in [-0.39, 0.29) is 0 Å². The van der Waals surface area contributed by atoms with E-state index >= 15 is 0 Å². The number of rotatable bonds is 2. The van der Waals surface area contributed by atoms with E-state index in [4.69, 9.17) is 17.3 Å². The molecule has 0 atom stereocenters. The first-order chi connectivity index (χ1) is 7.25. The number of hydrogen-bond donors (Lipinski definition) is 2. The molecule has 1 heterocycles. The number of nitrogens with one attached hydrogen (secondary N) is 1. The van der Waals surface area contributed by atoms with Crippen molar-refractivity contribution in [3.05, 3.63) is 47.7 Å². The predicted molar refractivity (Wildman–Crippen MR) is 63.4 cm³/mol. The number of nitrogen functional groups attached to an aromatic ring is 1. The first-order valence-corrected chi connectivity index (χ1v) is 4.85. The molecule has 2 rings (SSSR count). The SMILES string of the molecule is Nc1ccncc1Nc1cccc(Cl)c1. The first-order valence-electron chi connectivity index (χ1n) is 4.48. The molecule has 15 heavy (non-hydrogen) atoms. The van der Waals surface area contributed by atoms with Crippen LogP contribution in [0.5, 0.6) is 0 Å². The molecule has 0 saturated heterocycles. The van der Waals surface area contributed by atoms with E-state index in [0.29, 0.717) is 10.7 Å². The highest BCUT2D eigenvalue weighted by Gasteiger charge is 1.99. The van der Waals surface area contributed by atoms with Crippen molar-refractivity contribution in [2.75, 3.05) is 11.1 Å². The van der Waals surface area contributed by atoms with Crippen LogP contribution in [0.4, 0.5) is 17.1 Å². The molecule has 1 aromatic heterocycles. The fourth-order valence-corrected chi connectivity index (χ4v) is 1.42. The summed E-state index contributed by atoms with van der Waals surface area (Å²) in [6, 6.07) is 9.18. The van der Waals surface area contributed by atoms with E-state index in [0.717, 1.165) is 11.4 Å². The lowest BCUT2D eigenvalue weighted by Crippen LogP contribution is -1.96. The van der Waals surface area contributed by atoms with E-state index in [9.17, 15) is 0 Å². The molecule has 3 N–H and O–H groups in total. The second-order valence-electron chi connectivity index (χ2n) is 3.10. The minimum absolute atomic E-state index is 0.657. The van der Waals surface area contributed by atoms with E-state index in [2.05, 4.69) is 10.3 Å². The molecule has 0 saturated carbocycles. The Morgan fingerprint density at radius 1 is 1.27 bits per heavy atom.